The third kappa shape index (κ3) is 2.26. The molecule has 1 heterocycles. The fourth-order valence-electron chi connectivity index (χ4n) is 1.41. The molecule has 1 aromatic carbocycles. The smallest absolute Gasteiger partial charge is 0.200 e. The van der Waals surface area contributed by atoms with Crippen LogP contribution in [-0.2, 0) is 0 Å². The van der Waals surface area contributed by atoms with Gasteiger partial charge >= 0.3 is 0 Å². The van der Waals surface area contributed by atoms with Gasteiger partial charge in [-0.2, -0.15) is 0 Å². The molecule has 1 aromatic heterocycles. The summed E-state index contributed by atoms with van der Waals surface area (Å²) in [5.41, 5.74) is -1.78. The molecule has 0 spiro atoms. The molecule has 0 amide bonds. The highest BCUT2D eigenvalue weighted by molar-refractivity contribution is 6.36. The van der Waals surface area contributed by atoms with E-state index in [0.29, 0.717) is 0 Å². The Morgan fingerprint density at radius 1 is 0.789 bits per heavy atom. The quantitative estimate of drug-likeness (QED) is 0.420. The lowest BCUT2D eigenvalue weighted by atomic mass is 10.1. The Labute approximate surface area is 113 Å². The van der Waals surface area contributed by atoms with Gasteiger partial charge in [-0.25, -0.2) is 22.0 Å². The van der Waals surface area contributed by atoms with Crippen LogP contribution in [0.3, 0.4) is 0 Å². The number of nitrogens with zero attached hydrogens (tertiary/aromatic N) is 1. The average molecular weight is 314 g/mol. The normalized spacial score (nSPS) is 10.9. The molecule has 0 aliphatic carbocycles. The summed E-state index contributed by atoms with van der Waals surface area (Å²) in [5, 5.41) is -0.284. The summed E-state index contributed by atoms with van der Waals surface area (Å²) in [5.74, 6) is -10.4. The van der Waals surface area contributed by atoms with Gasteiger partial charge in [0.15, 0.2) is 23.3 Å². The summed E-state index contributed by atoms with van der Waals surface area (Å²) in [6.45, 7) is 0. The van der Waals surface area contributed by atoms with Gasteiger partial charge in [0.25, 0.3) is 0 Å². The predicted octanol–water partition coefficient (Wildman–Crippen LogP) is 4.75. The second-order valence-electron chi connectivity index (χ2n) is 3.43. The Kier molecular flexibility index (Phi) is 3.64. The first-order valence-electron chi connectivity index (χ1n) is 4.67. The summed E-state index contributed by atoms with van der Waals surface area (Å²) in [6, 6.07) is 1.07. The second-order valence-corrected chi connectivity index (χ2v) is 4.27. The molecule has 0 atom stereocenters. The summed E-state index contributed by atoms with van der Waals surface area (Å²) in [7, 11) is 0. The van der Waals surface area contributed by atoms with Crippen molar-refractivity contribution in [3.63, 3.8) is 0 Å². The minimum absolute atomic E-state index is 0.0534. The van der Waals surface area contributed by atoms with E-state index < -0.39 is 40.3 Å². The van der Waals surface area contributed by atoms with E-state index in [1.54, 1.807) is 0 Å². The Bertz CT molecular complexity index is 646. The molecule has 0 radical (unpaired) electrons. The summed E-state index contributed by atoms with van der Waals surface area (Å²) >= 11 is 11.2. The van der Waals surface area contributed by atoms with E-state index in [1.807, 2.05) is 0 Å². The van der Waals surface area contributed by atoms with Crippen LogP contribution in [0.25, 0.3) is 11.3 Å². The Morgan fingerprint density at radius 3 is 1.74 bits per heavy atom. The molecule has 8 heteroatoms. The van der Waals surface area contributed by atoms with E-state index in [-0.39, 0.29) is 10.0 Å². The van der Waals surface area contributed by atoms with Gasteiger partial charge in [-0.3, -0.25) is 4.98 Å². The first-order chi connectivity index (χ1) is 8.84. The van der Waals surface area contributed by atoms with E-state index in [4.69, 9.17) is 23.2 Å². The van der Waals surface area contributed by atoms with Crippen molar-refractivity contribution in [2.75, 3.05) is 0 Å². The van der Waals surface area contributed by atoms with Crippen LogP contribution in [0.1, 0.15) is 0 Å². The number of halogens is 7. The van der Waals surface area contributed by atoms with Crippen LogP contribution >= 0.6 is 23.2 Å². The summed E-state index contributed by atoms with van der Waals surface area (Å²) < 4.78 is 66.0. The molecule has 1 nitrogen and oxygen atoms in total. The molecule has 0 fully saturated rings. The maximum atomic E-state index is 13.5. The number of hydrogen-bond acceptors (Lipinski definition) is 1. The van der Waals surface area contributed by atoms with Gasteiger partial charge in [0, 0.05) is 6.20 Å². The lowest BCUT2D eigenvalue weighted by Crippen LogP contribution is -2.05. The molecular formula is C11H2Cl2F5N. The van der Waals surface area contributed by atoms with Crippen molar-refractivity contribution in [2.45, 2.75) is 0 Å². The molecule has 0 aliphatic heterocycles. The Hall–Kier alpha value is -1.40. The summed E-state index contributed by atoms with van der Waals surface area (Å²) in [6.07, 6.45) is 0.973. The minimum Gasteiger partial charge on any atom is -0.253 e. The van der Waals surface area contributed by atoms with E-state index in [0.717, 1.165) is 12.3 Å². The van der Waals surface area contributed by atoms with E-state index >= 15 is 0 Å². The van der Waals surface area contributed by atoms with Crippen LogP contribution in [0.15, 0.2) is 12.3 Å². The van der Waals surface area contributed by atoms with Crippen molar-refractivity contribution < 1.29 is 22.0 Å². The Morgan fingerprint density at radius 2 is 1.26 bits per heavy atom. The van der Waals surface area contributed by atoms with E-state index in [9.17, 15) is 22.0 Å². The van der Waals surface area contributed by atoms with Crippen molar-refractivity contribution in [3.05, 3.63) is 51.4 Å². The SMILES string of the molecule is Fc1c(F)c(F)c(-c2ncc(Cl)cc2Cl)c(F)c1F. The molecule has 0 bridgehead atoms. The number of aromatic nitrogens is 1. The van der Waals surface area contributed by atoms with Gasteiger partial charge in [-0.15, -0.1) is 0 Å². The molecule has 0 saturated carbocycles. The standard InChI is InChI=1S/C11H2Cl2F5N/c12-3-1-4(13)11(19-2-3)5-6(14)8(16)10(18)9(17)7(5)15/h1-2H. The van der Waals surface area contributed by atoms with Crippen LogP contribution in [0.2, 0.25) is 10.0 Å². The average Bonchev–Trinajstić information content (AvgIpc) is 2.37. The molecule has 100 valence electrons. The van der Waals surface area contributed by atoms with Crippen molar-refractivity contribution in [3.8, 4) is 11.3 Å². The third-order valence-electron chi connectivity index (χ3n) is 2.25. The number of pyridine rings is 1. The van der Waals surface area contributed by atoms with Crippen molar-refractivity contribution >= 4 is 23.2 Å². The molecule has 0 unspecified atom stereocenters. The second kappa shape index (κ2) is 4.94. The topological polar surface area (TPSA) is 12.9 Å². The fraction of sp³-hybridized carbons (Fsp3) is 0. The van der Waals surface area contributed by atoms with Gasteiger partial charge in [-0.05, 0) is 6.07 Å². The van der Waals surface area contributed by atoms with Gasteiger partial charge in [-0.1, -0.05) is 23.2 Å². The molecule has 0 aliphatic rings. The highest BCUT2D eigenvalue weighted by Gasteiger charge is 2.28. The largest absolute Gasteiger partial charge is 0.253 e. The minimum atomic E-state index is -2.25. The zero-order valence-electron chi connectivity index (χ0n) is 8.75. The molecule has 0 N–H and O–H groups in total. The molecule has 19 heavy (non-hydrogen) atoms. The van der Waals surface area contributed by atoms with Gasteiger partial charge in [0.05, 0.1) is 21.3 Å². The maximum Gasteiger partial charge on any atom is 0.200 e. The van der Waals surface area contributed by atoms with Crippen molar-refractivity contribution in [2.24, 2.45) is 0 Å². The lowest BCUT2D eigenvalue weighted by molar-refractivity contribution is 0.381. The Balaban J connectivity index is 2.83. The predicted molar refractivity (Wildman–Crippen MR) is 59.5 cm³/mol. The fourth-order valence-corrected chi connectivity index (χ4v) is 1.89. The van der Waals surface area contributed by atoms with Crippen LogP contribution in [0.4, 0.5) is 22.0 Å². The number of hydrogen-bond donors (Lipinski definition) is 0. The molecule has 0 saturated heterocycles. The highest BCUT2D eigenvalue weighted by Crippen LogP contribution is 2.34. The molecular weight excluding hydrogens is 312 g/mol. The van der Waals surface area contributed by atoms with Gasteiger partial charge < -0.3 is 0 Å². The first-order valence-corrected chi connectivity index (χ1v) is 5.43. The maximum absolute atomic E-state index is 13.5. The van der Waals surface area contributed by atoms with Crippen molar-refractivity contribution in [1.29, 1.82) is 0 Å². The van der Waals surface area contributed by atoms with Crippen LogP contribution in [0, 0.1) is 29.1 Å². The zero-order chi connectivity index (χ0) is 14.3. The van der Waals surface area contributed by atoms with Crippen LogP contribution in [-0.4, -0.2) is 4.98 Å². The highest BCUT2D eigenvalue weighted by atomic mass is 35.5. The van der Waals surface area contributed by atoms with Crippen LogP contribution in [0.5, 0.6) is 0 Å². The van der Waals surface area contributed by atoms with Gasteiger partial charge in [0.1, 0.15) is 0 Å². The molecule has 2 rings (SSSR count). The zero-order valence-corrected chi connectivity index (χ0v) is 10.3. The van der Waals surface area contributed by atoms with E-state index in [1.165, 1.54) is 0 Å². The monoisotopic (exact) mass is 313 g/mol. The molecule has 2 aromatic rings. The van der Waals surface area contributed by atoms with Gasteiger partial charge in [0.2, 0.25) is 5.82 Å². The van der Waals surface area contributed by atoms with Crippen LogP contribution < -0.4 is 0 Å². The third-order valence-corrected chi connectivity index (χ3v) is 2.75. The first kappa shape index (κ1) is 14.0. The lowest BCUT2D eigenvalue weighted by Gasteiger charge is -2.09. The van der Waals surface area contributed by atoms with E-state index in [2.05, 4.69) is 4.98 Å². The van der Waals surface area contributed by atoms with Crippen molar-refractivity contribution in [1.82, 2.24) is 4.98 Å². The number of rotatable bonds is 1. The summed E-state index contributed by atoms with van der Waals surface area (Å²) in [4.78, 5) is 3.48. The number of benzene rings is 1.